The summed E-state index contributed by atoms with van der Waals surface area (Å²) in [7, 11) is 1.68. The Kier molecular flexibility index (Phi) is 8.37. The van der Waals surface area contributed by atoms with Crippen molar-refractivity contribution in [3.05, 3.63) is 12.7 Å². The molecule has 0 spiro atoms. The first-order valence-electron chi connectivity index (χ1n) is 7.65. The smallest absolute Gasteiger partial charge is 0.190 e. The summed E-state index contributed by atoms with van der Waals surface area (Å²) in [5, 5.41) is 0. The van der Waals surface area contributed by atoms with Crippen LogP contribution in [-0.2, 0) is 9.47 Å². The van der Waals surface area contributed by atoms with Gasteiger partial charge in [-0.1, -0.05) is 67.1 Å². The summed E-state index contributed by atoms with van der Waals surface area (Å²) >= 11 is 17.9. The van der Waals surface area contributed by atoms with Gasteiger partial charge >= 0.3 is 0 Å². The van der Waals surface area contributed by atoms with Gasteiger partial charge in [-0.3, -0.25) is 0 Å². The summed E-state index contributed by atoms with van der Waals surface area (Å²) < 4.78 is 10.3. The minimum absolute atomic E-state index is 0.151. The Labute approximate surface area is 144 Å². The molecule has 1 rings (SSSR count). The standard InChI is InChI=1S/C16H27Cl3O2/c1-4-12-21-14(20-3)15(2,10-11-16(17,18)19)13-8-6-5-7-9-13/h4,13-14H,1,5-12H2,2-3H3. The van der Waals surface area contributed by atoms with Crippen molar-refractivity contribution in [3.8, 4) is 0 Å². The van der Waals surface area contributed by atoms with Gasteiger partial charge in [-0.2, -0.15) is 0 Å². The maximum Gasteiger partial charge on any atom is 0.190 e. The second kappa shape index (κ2) is 8.98. The molecule has 0 heterocycles. The lowest BCUT2D eigenvalue weighted by molar-refractivity contribution is -0.205. The zero-order valence-electron chi connectivity index (χ0n) is 13.0. The molecule has 1 saturated carbocycles. The van der Waals surface area contributed by atoms with Crippen LogP contribution in [-0.4, -0.2) is 23.8 Å². The van der Waals surface area contributed by atoms with Gasteiger partial charge in [0, 0.05) is 12.5 Å². The molecule has 1 aliphatic carbocycles. The van der Waals surface area contributed by atoms with Crippen molar-refractivity contribution < 1.29 is 9.47 Å². The molecular weight excluding hydrogens is 331 g/mol. The van der Waals surface area contributed by atoms with E-state index in [2.05, 4.69) is 13.5 Å². The third kappa shape index (κ3) is 6.27. The minimum atomic E-state index is -1.23. The van der Waals surface area contributed by atoms with Gasteiger partial charge in [-0.15, -0.1) is 6.58 Å². The Bertz CT molecular complexity index is 311. The average Bonchev–Trinajstić information content (AvgIpc) is 2.46. The zero-order valence-corrected chi connectivity index (χ0v) is 15.3. The fourth-order valence-electron chi connectivity index (χ4n) is 3.37. The molecule has 124 valence electrons. The quantitative estimate of drug-likeness (QED) is 0.306. The third-order valence-electron chi connectivity index (χ3n) is 4.60. The van der Waals surface area contributed by atoms with E-state index < -0.39 is 3.79 Å². The largest absolute Gasteiger partial charge is 0.355 e. The summed E-state index contributed by atoms with van der Waals surface area (Å²) in [6.45, 7) is 6.37. The number of rotatable bonds is 8. The summed E-state index contributed by atoms with van der Waals surface area (Å²) in [4.78, 5) is 0. The molecule has 0 bridgehead atoms. The normalized spacial score (nSPS) is 21.8. The number of hydrogen-bond acceptors (Lipinski definition) is 2. The Morgan fingerprint density at radius 2 is 1.81 bits per heavy atom. The second-order valence-electron chi connectivity index (χ2n) is 6.15. The molecule has 0 aliphatic heterocycles. The van der Waals surface area contributed by atoms with Crippen LogP contribution in [0.25, 0.3) is 0 Å². The van der Waals surface area contributed by atoms with Crippen LogP contribution in [0.15, 0.2) is 12.7 Å². The molecule has 2 unspecified atom stereocenters. The lowest BCUT2D eigenvalue weighted by Gasteiger charge is -2.44. The predicted molar refractivity (Wildman–Crippen MR) is 91.2 cm³/mol. The highest BCUT2D eigenvalue weighted by molar-refractivity contribution is 6.67. The lowest BCUT2D eigenvalue weighted by atomic mass is 9.67. The summed E-state index contributed by atoms with van der Waals surface area (Å²) in [6, 6.07) is 0. The first-order chi connectivity index (χ1) is 9.83. The third-order valence-corrected chi connectivity index (χ3v) is 5.17. The molecule has 2 nitrogen and oxygen atoms in total. The van der Waals surface area contributed by atoms with E-state index in [0.29, 0.717) is 18.9 Å². The molecule has 0 aromatic heterocycles. The highest BCUT2D eigenvalue weighted by Gasteiger charge is 2.43. The van der Waals surface area contributed by atoms with Crippen LogP contribution < -0.4 is 0 Å². The maximum absolute atomic E-state index is 5.96. The Hall–Kier alpha value is 0.530. The van der Waals surface area contributed by atoms with E-state index in [9.17, 15) is 0 Å². The number of ether oxygens (including phenoxy) is 2. The summed E-state index contributed by atoms with van der Waals surface area (Å²) in [5.74, 6) is 0.536. The van der Waals surface area contributed by atoms with Gasteiger partial charge in [0.1, 0.15) is 0 Å². The molecule has 1 fully saturated rings. The fourth-order valence-corrected chi connectivity index (χ4v) is 3.65. The molecule has 0 radical (unpaired) electrons. The minimum Gasteiger partial charge on any atom is -0.355 e. The maximum atomic E-state index is 5.96. The van der Waals surface area contributed by atoms with Gasteiger partial charge < -0.3 is 9.47 Å². The topological polar surface area (TPSA) is 18.5 Å². The van der Waals surface area contributed by atoms with Gasteiger partial charge in [-0.25, -0.2) is 0 Å². The molecule has 2 atom stereocenters. The number of halogens is 3. The van der Waals surface area contributed by atoms with Crippen molar-refractivity contribution in [1.29, 1.82) is 0 Å². The molecule has 0 saturated heterocycles. The van der Waals surface area contributed by atoms with E-state index in [1.807, 2.05) is 0 Å². The second-order valence-corrected chi connectivity index (χ2v) is 8.66. The first-order valence-corrected chi connectivity index (χ1v) is 8.79. The highest BCUT2D eigenvalue weighted by atomic mass is 35.6. The highest BCUT2D eigenvalue weighted by Crippen LogP contribution is 2.48. The van der Waals surface area contributed by atoms with Crippen LogP contribution in [0, 0.1) is 11.3 Å². The van der Waals surface area contributed by atoms with Gasteiger partial charge in [0.15, 0.2) is 10.1 Å². The van der Waals surface area contributed by atoms with Crippen molar-refractivity contribution >= 4 is 34.8 Å². The number of alkyl halides is 3. The molecule has 0 aromatic carbocycles. The molecule has 1 aliphatic rings. The lowest BCUT2D eigenvalue weighted by Crippen LogP contribution is -2.43. The summed E-state index contributed by atoms with van der Waals surface area (Å²) in [5.41, 5.74) is -0.151. The van der Waals surface area contributed by atoms with Crippen molar-refractivity contribution in [2.24, 2.45) is 11.3 Å². The molecule has 5 heteroatoms. The Morgan fingerprint density at radius 3 is 2.29 bits per heavy atom. The molecule has 0 N–H and O–H groups in total. The fraction of sp³-hybridized carbons (Fsp3) is 0.875. The van der Waals surface area contributed by atoms with Crippen LogP contribution in [0.4, 0.5) is 0 Å². The average molecular weight is 358 g/mol. The van der Waals surface area contributed by atoms with Crippen LogP contribution in [0.3, 0.4) is 0 Å². The van der Waals surface area contributed by atoms with Gasteiger partial charge in [0.2, 0.25) is 0 Å². The van der Waals surface area contributed by atoms with Crippen molar-refractivity contribution in [1.82, 2.24) is 0 Å². The Morgan fingerprint density at radius 1 is 1.19 bits per heavy atom. The van der Waals surface area contributed by atoms with Crippen LogP contribution >= 0.6 is 34.8 Å². The van der Waals surface area contributed by atoms with E-state index in [-0.39, 0.29) is 11.7 Å². The molecule has 0 amide bonds. The van der Waals surface area contributed by atoms with E-state index in [1.54, 1.807) is 13.2 Å². The summed E-state index contributed by atoms with van der Waals surface area (Å²) in [6.07, 6.45) is 8.90. The first kappa shape index (κ1) is 19.6. The van der Waals surface area contributed by atoms with E-state index in [4.69, 9.17) is 44.3 Å². The van der Waals surface area contributed by atoms with Crippen molar-refractivity contribution in [2.75, 3.05) is 13.7 Å². The molecule has 21 heavy (non-hydrogen) atoms. The van der Waals surface area contributed by atoms with E-state index in [1.165, 1.54) is 32.1 Å². The van der Waals surface area contributed by atoms with Crippen LogP contribution in [0.1, 0.15) is 51.9 Å². The van der Waals surface area contributed by atoms with Gasteiger partial charge in [-0.05, 0) is 31.6 Å². The van der Waals surface area contributed by atoms with Crippen molar-refractivity contribution in [2.45, 2.75) is 62.0 Å². The van der Waals surface area contributed by atoms with Crippen molar-refractivity contribution in [3.63, 3.8) is 0 Å². The number of methoxy groups -OCH3 is 1. The molecular formula is C16H27Cl3O2. The monoisotopic (exact) mass is 356 g/mol. The predicted octanol–water partition coefficient (Wildman–Crippen LogP) is 5.90. The van der Waals surface area contributed by atoms with Crippen LogP contribution in [0.5, 0.6) is 0 Å². The zero-order chi connectivity index (χ0) is 15.9. The Balaban J connectivity index is 2.86. The van der Waals surface area contributed by atoms with E-state index >= 15 is 0 Å². The SMILES string of the molecule is C=CCOC(OC)C(C)(CCC(Cl)(Cl)Cl)C1CCCCC1. The van der Waals surface area contributed by atoms with Crippen LogP contribution in [0.2, 0.25) is 0 Å². The number of hydrogen-bond donors (Lipinski definition) is 0. The van der Waals surface area contributed by atoms with E-state index in [0.717, 1.165) is 6.42 Å². The molecule has 0 aromatic rings. The van der Waals surface area contributed by atoms with Gasteiger partial charge in [0.25, 0.3) is 0 Å². The van der Waals surface area contributed by atoms with Gasteiger partial charge in [0.05, 0.1) is 6.61 Å².